The lowest BCUT2D eigenvalue weighted by molar-refractivity contribution is 0.256. The second-order valence-electron chi connectivity index (χ2n) is 2.17. The molecule has 1 heterocycles. The van der Waals surface area contributed by atoms with E-state index in [1.54, 1.807) is 24.5 Å². The second kappa shape index (κ2) is 3.01. The van der Waals surface area contributed by atoms with Gasteiger partial charge in [0.25, 0.3) is 0 Å². The number of rotatable bonds is 0. The first-order chi connectivity index (χ1) is 5.18. The fourth-order valence-electron chi connectivity index (χ4n) is 0.695. The van der Waals surface area contributed by atoms with Gasteiger partial charge >= 0.3 is 6.03 Å². The minimum atomic E-state index is -0.668. The Hall–Kier alpha value is -1.58. The molecule has 0 saturated carbocycles. The van der Waals surface area contributed by atoms with Crippen molar-refractivity contribution in [2.45, 2.75) is 0 Å². The Balaban J connectivity index is 3.08. The van der Waals surface area contributed by atoms with E-state index in [1.807, 2.05) is 11.6 Å². The molecule has 2 amide bonds. The lowest BCUT2D eigenvalue weighted by atomic mass is 10.4. The van der Waals surface area contributed by atoms with E-state index in [-0.39, 0.29) is 0 Å². The van der Waals surface area contributed by atoms with Gasteiger partial charge in [0.1, 0.15) is 0 Å². The molecule has 4 heteroatoms. The van der Waals surface area contributed by atoms with E-state index >= 15 is 0 Å². The van der Waals surface area contributed by atoms with Crippen LogP contribution in [0.4, 0.5) is 4.79 Å². The van der Waals surface area contributed by atoms with Crippen molar-refractivity contribution in [1.82, 2.24) is 4.57 Å². The number of aryl methyl sites for hydroxylation is 1. The van der Waals surface area contributed by atoms with Crippen molar-refractivity contribution in [3.05, 3.63) is 29.9 Å². The van der Waals surface area contributed by atoms with Crippen LogP contribution in [0, 0.1) is 0 Å². The molecule has 1 aromatic heterocycles. The monoisotopic (exact) mass is 151 g/mol. The zero-order chi connectivity index (χ0) is 8.27. The predicted molar refractivity (Wildman–Crippen MR) is 40.6 cm³/mol. The summed E-state index contributed by atoms with van der Waals surface area (Å²) in [5.74, 6) is 0. The van der Waals surface area contributed by atoms with Gasteiger partial charge in [0.2, 0.25) is 0 Å². The predicted octanol–water partition coefficient (Wildman–Crippen LogP) is 0.00450. The minimum absolute atomic E-state index is 0.579. The molecule has 0 saturated heterocycles. The molecule has 1 aromatic rings. The summed E-state index contributed by atoms with van der Waals surface area (Å²) in [4.78, 5) is 13.8. The highest BCUT2D eigenvalue weighted by Crippen LogP contribution is 1.76. The first-order valence-electron chi connectivity index (χ1n) is 3.15. The fraction of sp³-hybridized carbons (Fsp3) is 0.143. The van der Waals surface area contributed by atoms with E-state index in [4.69, 9.17) is 5.73 Å². The van der Waals surface area contributed by atoms with E-state index in [0.29, 0.717) is 5.36 Å². The van der Waals surface area contributed by atoms with Crippen LogP contribution in [-0.4, -0.2) is 10.6 Å². The zero-order valence-electron chi connectivity index (χ0n) is 6.19. The number of aromatic nitrogens is 1. The van der Waals surface area contributed by atoms with Gasteiger partial charge in [-0.1, -0.05) is 0 Å². The number of primary amides is 1. The third kappa shape index (κ3) is 2.25. The molecule has 0 aromatic carbocycles. The van der Waals surface area contributed by atoms with Crippen LogP contribution in [0.2, 0.25) is 0 Å². The molecule has 0 aliphatic heterocycles. The molecule has 0 aliphatic rings. The number of carbonyl (C=O) groups is 1. The van der Waals surface area contributed by atoms with Crippen LogP contribution in [0.15, 0.2) is 29.5 Å². The first-order valence-corrected chi connectivity index (χ1v) is 3.15. The molecule has 0 fully saturated rings. The van der Waals surface area contributed by atoms with Gasteiger partial charge in [-0.3, -0.25) is 0 Å². The van der Waals surface area contributed by atoms with Crippen LogP contribution in [0.3, 0.4) is 0 Å². The van der Waals surface area contributed by atoms with Crippen molar-refractivity contribution >= 4 is 6.03 Å². The largest absolute Gasteiger partial charge is 0.357 e. The third-order valence-corrected chi connectivity index (χ3v) is 1.20. The Morgan fingerprint density at radius 3 is 2.55 bits per heavy atom. The summed E-state index contributed by atoms with van der Waals surface area (Å²) in [6, 6.07) is 2.76. The number of amides is 2. The number of urea groups is 1. The van der Waals surface area contributed by atoms with Crippen LogP contribution in [0.5, 0.6) is 0 Å². The highest BCUT2D eigenvalue weighted by atomic mass is 16.2. The van der Waals surface area contributed by atoms with Gasteiger partial charge in [0.15, 0.2) is 0 Å². The molecule has 58 valence electrons. The molecular formula is C7H9N3O. The molecule has 0 bridgehead atoms. The van der Waals surface area contributed by atoms with E-state index in [9.17, 15) is 4.79 Å². The number of hydrogen-bond donors (Lipinski definition) is 1. The molecular weight excluding hydrogens is 142 g/mol. The Bertz CT molecular complexity index is 306. The highest BCUT2D eigenvalue weighted by molar-refractivity contribution is 5.72. The molecule has 4 nitrogen and oxygen atoms in total. The average molecular weight is 151 g/mol. The molecule has 0 unspecified atom stereocenters. The van der Waals surface area contributed by atoms with Crippen LogP contribution >= 0.6 is 0 Å². The molecule has 1 rings (SSSR count). The highest BCUT2D eigenvalue weighted by Gasteiger charge is 1.84. The van der Waals surface area contributed by atoms with Crippen molar-refractivity contribution in [2.24, 2.45) is 17.8 Å². The van der Waals surface area contributed by atoms with Gasteiger partial charge in [-0.15, -0.1) is 0 Å². The Labute approximate surface area is 64.0 Å². The quantitative estimate of drug-likeness (QED) is 0.557. The number of pyridine rings is 1. The molecule has 11 heavy (non-hydrogen) atoms. The Kier molecular flexibility index (Phi) is 2.06. The standard InChI is InChI=1S/C7H9N3O/c1-10-4-2-6(3-5-10)9-7(8)11/h2-5H,1H3,(H2,8,11). The van der Waals surface area contributed by atoms with Gasteiger partial charge < -0.3 is 10.3 Å². The number of nitrogens with two attached hydrogens (primary N) is 1. The maximum atomic E-state index is 10.3. The summed E-state index contributed by atoms with van der Waals surface area (Å²) in [7, 11) is 1.88. The van der Waals surface area contributed by atoms with Crippen molar-refractivity contribution in [3.8, 4) is 0 Å². The molecule has 0 spiro atoms. The number of hydrogen-bond acceptors (Lipinski definition) is 1. The van der Waals surface area contributed by atoms with E-state index < -0.39 is 6.03 Å². The summed E-state index contributed by atoms with van der Waals surface area (Å²) in [6.07, 6.45) is 3.59. The van der Waals surface area contributed by atoms with Crippen LogP contribution in [0.25, 0.3) is 0 Å². The van der Waals surface area contributed by atoms with E-state index in [2.05, 4.69) is 4.99 Å². The normalized spacial score (nSPS) is 9.18. The lowest BCUT2D eigenvalue weighted by Gasteiger charge is -1.92. The fourth-order valence-corrected chi connectivity index (χ4v) is 0.695. The maximum Gasteiger partial charge on any atom is 0.338 e. The summed E-state index contributed by atoms with van der Waals surface area (Å²) in [5, 5.41) is 0.579. The molecule has 0 atom stereocenters. The van der Waals surface area contributed by atoms with Gasteiger partial charge in [0.05, 0.1) is 5.36 Å². The third-order valence-electron chi connectivity index (χ3n) is 1.20. The van der Waals surface area contributed by atoms with Crippen LogP contribution in [0.1, 0.15) is 0 Å². The minimum Gasteiger partial charge on any atom is -0.357 e. The first kappa shape index (κ1) is 7.53. The smallest absolute Gasteiger partial charge is 0.338 e. The summed E-state index contributed by atoms with van der Waals surface area (Å²) < 4.78 is 1.85. The second-order valence-corrected chi connectivity index (χ2v) is 2.17. The van der Waals surface area contributed by atoms with Crippen LogP contribution < -0.4 is 11.1 Å². The van der Waals surface area contributed by atoms with Crippen molar-refractivity contribution in [1.29, 1.82) is 0 Å². The van der Waals surface area contributed by atoms with Gasteiger partial charge in [-0.2, -0.15) is 4.99 Å². The molecule has 0 radical (unpaired) electrons. The van der Waals surface area contributed by atoms with Crippen LogP contribution in [-0.2, 0) is 7.05 Å². The van der Waals surface area contributed by atoms with Gasteiger partial charge in [0, 0.05) is 19.4 Å². The number of nitrogens with zero attached hydrogens (tertiary/aromatic N) is 2. The SMILES string of the molecule is Cn1ccc(=NC(N)=O)cc1. The Morgan fingerprint density at radius 2 is 2.09 bits per heavy atom. The van der Waals surface area contributed by atoms with E-state index in [0.717, 1.165) is 0 Å². The summed E-state index contributed by atoms with van der Waals surface area (Å²) in [6.45, 7) is 0. The lowest BCUT2D eigenvalue weighted by Crippen LogP contribution is -2.12. The van der Waals surface area contributed by atoms with Gasteiger partial charge in [-0.25, -0.2) is 4.79 Å². The maximum absolute atomic E-state index is 10.3. The van der Waals surface area contributed by atoms with Crippen molar-refractivity contribution in [3.63, 3.8) is 0 Å². The molecule has 0 aliphatic carbocycles. The van der Waals surface area contributed by atoms with Crippen molar-refractivity contribution in [2.75, 3.05) is 0 Å². The number of carbonyl (C=O) groups excluding carboxylic acids is 1. The van der Waals surface area contributed by atoms with Crippen molar-refractivity contribution < 1.29 is 4.79 Å². The van der Waals surface area contributed by atoms with E-state index in [1.165, 1.54) is 0 Å². The topological polar surface area (TPSA) is 60.4 Å². The molecule has 2 N–H and O–H groups in total. The summed E-state index contributed by atoms with van der Waals surface area (Å²) in [5.41, 5.74) is 4.85. The Morgan fingerprint density at radius 1 is 1.55 bits per heavy atom. The van der Waals surface area contributed by atoms with Gasteiger partial charge in [-0.05, 0) is 12.1 Å². The average Bonchev–Trinajstić information content (AvgIpc) is 1.93. The summed E-state index contributed by atoms with van der Waals surface area (Å²) >= 11 is 0. The zero-order valence-corrected chi connectivity index (χ0v) is 6.19.